The zero-order chi connectivity index (χ0) is 24.7. The van der Waals surface area contributed by atoms with Gasteiger partial charge in [0.05, 0.1) is 23.7 Å². The summed E-state index contributed by atoms with van der Waals surface area (Å²) in [4.78, 5) is 13.4. The van der Waals surface area contributed by atoms with Crippen molar-refractivity contribution in [3.8, 4) is 5.75 Å². The third kappa shape index (κ3) is 6.73. The first-order valence-electron chi connectivity index (χ1n) is 11.0. The zero-order valence-electron chi connectivity index (χ0n) is 19.4. The first-order valence-corrected chi connectivity index (χ1v) is 13.5. The lowest BCUT2D eigenvalue weighted by atomic mass is 9.97. The van der Waals surface area contributed by atoms with E-state index in [0.717, 1.165) is 19.2 Å². The molecule has 6 nitrogen and oxygen atoms in total. The van der Waals surface area contributed by atoms with E-state index in [2.05, 4.69) is 41.8 Å². The highest BCUT2D eigenvalue weighted by atomic mass is 127. The second kappa shape index (κ2) is 11.7. The van der Waals surface area contributed by atoms with E-state index < -0.39 is 10.0 Å². The molecule has 0 saturated carbocycles. The molecule has 0 saturated heterocycles. The molecule has 0 bridgehead atoms. The normalized spacial score (nSPS) is 12.3. The summed E-state index contributed by atoms with van der Waals surface area (Å²) in [6.45, 7) is 3.84. The van der Waals surface area contributed by atoms with E-state index in [1.54, 1.807) is 37.4 Å². The molecule has 0 spiro atoms. The smallest absolute Gasteiger partial charge is 0.264 e. The number of nitrogens with zero attached hydrogens (tertiary/aromatic N) is 1. The molecule has 0 fully saturated rings. The maximum absolute atomic E-state index is 13.5. The summed E-state index contributed by atoms with van der Waals surface area (Å²) in [5.74, 6) is 0.685. The first-order chi connectivity index (χ1) is 16.2. The Kier molecular flexibility index (Phi) is 8.96. The second-order valence-electron chi connectivity index (χ2n) is 8.32. The summed E-state index contributed by atoms with van der Waals surface area (Å²) in [6.07, 6.45) is 0.715. The van der Waals surface area contributed by atoms with Gasteiger partial charge in [0.25, 0.3) is 10.0 Å². The molecule has 1 amide bonds. The quantitative estimate of drug-likeness (QED) is 0.320. The van der Waals surface area contributed by atoms with E-state index >= 15 is 0 Å². The number of anilines is 1. The van der Waals surface area contributed by atoms with Crippen LogP contribution in [0.4, 0.5) is 5.69 Å². The summed E-state index contributed by atoms with van der Waals surface area (Å²) in [5.41, 5.74) is 1.37. The fourth-order valence-corrected chi connectivity index (χ4v) is 5.40. The number of sulfonamides is 1. The predicted octanol–water partition coefficient (Wildman–Crippen LogP) is 5.40. The van der Waals surface area contributed by atoms with Crippen LogP contribution < -0.4 is 14.4 Å². The Morgan fingerprint density at radius 2 is 1.59 bits per heavy atom. The summed E-state index contributed by atoms with van der Waals surface area (Å²) in [5, 5.41) is 3.05. The molecule has 3 rings (SSSR count). The van der Waals surface area contributed by atoms with E-state index in [4.69, 9.17) is 4.74 Å². The molecule has 34 heavy (non-hydrogen) atoms. The van der Waals surface area contributed by atoms with E-state index in [1.165, 1.54) is 12.1 Å². The number of halogens is 1. The van der Waals surface area contributed by atoms with Crippen molar-refractivity contribution >= 4 is 44.2 Å². The zero-order valence-corrected chi connectivity index (χ0v) is 22.4. The lowest BCUT2D eigenvalue weighted by Gasteiger charge is -2.26. The molecule has 1 N–H and O–H groups in total. The molecule has 3 aromatic rings. The van der Waals surface area contributed by atoms with Gasteiger partial charge in [-0.25, -0.2) is 8.42 Å². The molecule has 0 heterocycles. The summed E-state index contributed by atoms with van der Waals surface area (Å²) in [6, 6.07) is 22.5. The Hall–Kier alpha value is -2.59. The lowest BCUT2D eigenvalue weighted by Crippen LogP contribution is -2.42. The van der Waals surface area contributed by atoms with Crippen LogP contribution in [0.3, 0.4) is 0 Å². The van der Waals surface area contributed by atoms with Crippen LogP contribution in [-0.4, -0.2) is 28.0 Å². The molecule has 0 aliphatic heterocycles. The molecular formula is C26H29IN2O4S. The average molecular weight is 592 g/mol. The van der Waals surface area contributed by atoms with Crippen LogP contribution in [0.15, 0.2) is 83.8 Å². The van der Waals surface area contributed by atoms with Crippen LogP contribution in [0.2, 0.25) is 0 Å². The maximum Gasteiger partial charge on any atom is 0.264 e. The topological polar surface area (TPSA) is 75.7 Å². The summed E-state index contributed by atoms with van der Waals surface area (Å²) >= 11 is 2.16. The van der Waals surface area contributed by atoms with Crippen molar-refractivity contribution in [1.29, 1.82) is 0 Å². The van der Waals surface area contributed by atoms with Crippen molar-refractivity contribution in [3.05, 3.63) is 88.0 Å². The number of ether oxygens (including phenoxy) is 1. The number of hydrogen-bond donors (Lipinski definition) is 1. The maximum atomic E-state index is 13.5. The Morgan fingerprint density at radius 1 is 0.971 bits per heavy atom. The van der Waals surface area contributed by atoms with Gasteiger partial charge in [-0.05, 0) is 89.0 Å². The molecule has 0 aromatic heterocycles. The van der Waals surface area contributed by atoms with Crippen molar-refractivity contribution in [2.45, 2.75) is 31.2 Å². The number of nitrogens with one attached hydrogen (secondary N) is 1. The lowest BCUT2D eigenvalue weighted by molar-refractivity contribution is -0.120. The van der Waals surface area contributed by atoms with E-state index in [9.17, 15) is 13.2 Å². The molecular weight excluding hydrogens is 563 g/mol. The predicted molar refractivity (Wildman–Crippen MR) is 143 cm³/mol. The minimum atomic E-state index is -3.94. The van der Waals surface area contributed by atoms with Crippen molar-refractivity contribution < 1.29 is 17.9 Å². The van der Waals surface area contributed by atoms with Crippen molar-refractivity contribution in [1.82, 2.24) is 5.32 Å². The van der Waals surface area contributed by atoms with Gasteiger partial charge in [-0.1, -0.05) is 44.2 Å². The van der Waals surface area contributed by atoms with Crippen LogP contribution in [0.1, 0.15) is 31.9 Å². The van der Waals surface area contributed by atoms with Crippen LogP contribution >= 0.6 is 22.6 Å². The Morgan fingerprint density at radius 3 is 2.15 bits per heavy atom. The highest BCUT2D eigenvalue weighted by molar-refractivity contribution is 14.1. The van der Waals surface area contributed by atoms with E-state index in [0.29, 0.717) is 18.0 Å². The molecule has 0 aliphatic rings. The first kappa shape index (κ1) is 26.0. The number of hydrogen-bond acceptors (Lipinski definition) is 4. The molecule has 0 aliphatic carbocycles. The van der Waals surface area contributed by atoms with Gasteiger partial charge in [0.15, 0.2) is 0 Å². The van der Waals surface area contributed by atoms with E-state index in [1.807, 2.05) is 36.4 Å². The third-order valence-electron chi connectivity index (χ3n) is 5.29. The third-order valence-corrected chi connectivity index (χ3v) is 7.80. The molecule has 1 atom stereocenters. The molecule has 180 valence electrons. The van der Waals surface area contributed by atoms with E-state index in [-0.39, 0.29) is 23.4 Å². The largest absolute Gasteiger partial charge is 0.497 e. The minimum Gasteiger partial charge on any atom is -0.497 e. The molecule has 0 unspecified atom stereocenters. The Balaban J connectivity index is 1.89. The SMILES string of the molecule is COc1ccc([C@H](CC(C)C)NC(=O)CN(c2ccc(I)cc2)S(=O)(=O)c2ccccc2)cc1. The van der Waals surface area contributed by atoms with Crippen LogP contribution in [0.5, 0.6) is 5.75 Å². The van der Waals surface area contributed by atoms with Crippen molar-refractivity contribution in [3.63, 3.8) is 0 Å². The molecule has 8 heteroatoms. The number of carbonyl (C=O) groups excluding carboxylic acids is 1. The standard InChI is InChI=1S/C26H29IN2O4S/c1-19(2)17-25(20-9-15-23(33-3)16-10-20)28-26(30)18-29(22-13-11-21(27)12-14-22)34(31,32)24-7-5-4-6-8-24/h4-16,19,25H,17-18H2,1-3H3,(H,28,30)/t25-/m0/s1. The molecule has 3 aromatic carbocycles. The van der Waals surface area contributed by atoms with Crippen LogP contribution in [0.25, 0.3) is 0 Å². The number of rotatable bonds is 10. The second-order valence-corrected chi connectivity index (χ2v) is 11.4. The van der Waals surface area contributed by atoms with Gasteiger partial charge in [0.1, 0.15) is 12.3 Å². The van der Waals surface area contributed by atoms with Gasteiger partial charge in [-0.15, -0.1) is 0 Å². The van der Waals surface area contributed by atoms with Gasteiger partial charge in [-0.3, -0.25) is 9.10 Å². The minimum absolute atomic E-state index is 0.134. The van der Waals surface area contributed by atoms with Gasteiger partial charge in [0, 0.05) is 3.57 Å². The number of benzene rings is 3. The fourth-order valence-electron chi connectivity index (χ4n) is 3.60. The number of carbonyl (C=O) groups is 1. The summed E-state index contributed by atoms with van der Waals surface area (Å²) in [7, 11) is -2.34. The Bertz CT molecular complexity index is 1180. The highest BCUT2D eigenvalue weighted by Crippen LogP contribution is 2.26. The monoisotopic (exact) mass is 592 g/mol. The average Bonchev–Trinajstić information content (AvgIpc) is 2.83. The summed E-state index contributed by atoms with van der Waals surface area (Å²) < 4.78 is 34.3. The van der Waals surface area contributed by atoms with Gasteiger partial charge >= 0.3 is 0 Å². The van der Waals surface area contributed by atoms with Crippen molar-refractivity contribution in [2.24, 2.45) is 5.92 Å². The number of methoxy groups -OCH3 is 1. The van der Waals surface area contributed by atoms with Crippen molar-refractivity contribution in [2.75, 3.05) is 18.0 Å². The van der Waals surface area contributed by atoms with Gasteiger partial charge in [0.2, 0.25) is 5.91 Å². The molecule has 0 radical (unpaired) electrons. The van der Waals surface area contributed by atoms with Gasteiger partial charge < -0.3 is 10.1 Å². The van der Waals surface area contributed by atoms with Crippen LogP contribution in [0, 0.1) is 9.49 Å². The Labute approximate surface area is 215 Å². The number of amides is 1. The van der Waals surface area contributed by atoms with Gasteiger partial charge in [-0.2, -0.15) is 0 Å². The highest BCUT2D eigenvalue weighted by Gasteiger charge is 2.28. The van der Waals surface area contributed by atoms with Crippen LogP contribution in [-0.2, 0) is 14.8 Å². The fraction of sp³-hybridized carbons (Fsp3) is 0.269.